The van der Waals surface area contributed by atoms with E-state index >= 15 is 0 Å². The number of ketones is 1. The normalized spacial score (nSPS) is 10.4. The van der Waals surface area contributed by atoms with Crippen molar-refractivity contribution in [1.82, 2.24) is 9.55 Å². The van der Waals surface area contributed by atoms with Crippen LogP contribution < -0.4 is 9.47 Å². The first-order chi connectivity index (χ1) is 17.3. The highest BCUT2D eigenvalue weighted by Crippen LogP contribution is 2.32. The molecular weight excluding hydrogens is 464 g/mol. The molecule has 4 rings (SSSR count). The number of aliphatic carboxylic acids is 1. The average molecular weight is 493 g/mol. The van der Waals surface area contributed by atoms with E-state index in [0.29, 0.717) is 39.3 Å². The Labute approximate surface area is 208 Å². The number of aromatic nitrogens is 2. The number of phenolic OH excluding ortho intramolecular Hbond substituents is 2. The summed E-state index contributed by atoms with van der Waals surface area (Å²) in [5.74, 6) is -1.07. The minimum Gasteiger partial charge on any atom is -0.508 e. The molecule has 0 saturated heterocycles. The van der Waals surface area contributed by atoms with E-state index in [9.17, 15) is 19.8 Å². The van der Waals surface area contributed by atoms with Gasteiger partial charge in [-0.15, -0.1) is 0 Å². The smallest absolute Gasteiger partial charge is 0.341 e. The SMILES string of the molecule is CC.COc1ccc2c(C(=O)c3ccc(O)cc3)c(C)n(Cc3ccc(O)c(OCC(=O)O)c3)c2n1. The van der Waals surface area contributed by atoms with Crippen molar-refractivity contribution in [3.05, 3.63) is 77.0 Å². The first-order valence-corrected chi connectivity index (χ1v) is 11.3. The molecule has 0 saturated carbocycles. The van der Waals surface area contributed by atoms with E-state index in [1.165, 1.54) is 25.3 Å². The molecule has 36 heavy (non-hydrogen) atoms. The number of phenols is 2. The average Bonchev–Trinajstić information content (AvgIpc) is 3.15. The number of fused-ring (bicyclic) bond motifs is 1. The highest BCUT2D eigenvalue weighted by Gasteiger charge is 2.23. The minimum atomic E-state index is -1.16. The number of rotatable bonds is 8. The van der Waals surface area contributed by atoms with Crippen molar-refractivity contribution in [1.29, 1.82) is 0 Å². The molecule has 2 heterocycles. The van der Waals surface area contributed by atoms with Crippen LogP contribution in [0, 0.1) is 6.92 Å². The quantitative estimate of drug-likeness (QED) is 0.306. The summed E-state index contributed by atoms with van der Waals surface area (Å²) in [6, 6.07) is 14.1. The van der Waals surface area contributed by atoms with Crippen LogP contribution in [-0.2, 0) is 11.3 Å². The summed E-state index contributed by atoms with van der Waals surface area (Å²) >= 11 is 0. The first-order valence-electron chi connectivity index (χ1n) is 11.3. The van der Waals surface area contributed by atoms with Crippen molar-refractivity contribution in [2.24, 2.45) is 0 Å². The van der Waals surface area contributed by atoms with Gasteiger partial charge in [0, 0.05) is 29.3 Å². The summed E-state index contributed by atoms with van der Waals surface area (Å²) in [7, 11) is 1.50. The molecule has 0 aliphatic rings. The van der Waals surface area contributed by atoms with E-state index in [4.69, 9.17) is 14.6 Å². The van der Waals surface area contributed by atoms with Crippen molar-refractivity contribution in [2.45, 2.75) is 27.3 Å². The molecule has 0 unspecified atom stereocenters. The molecule has 9 heteroatoms. The molecule has 3 N–H and O–H groups in total. The maximum atomic E-state index is 13.4. The number of aromatic hydroxyl groups is 2. The molecule has 0 atom stereocenters. The Hall–Kier alpha value is -4.53. The number of methoxy groups -OCH3 is 1. The van der Waals surface area contributed by atoms with Crippen molar-refractivity contribution in [3.8, 4) is 23.1 Å². The number of pyridine rings is 1. The maximum Gasteiger partial charge on any atom is 0.341 e. The largest absolute Gasteiger partial charge is 0.508 e. The standard InChI is InChI=1S/C25H22N2O7.C2H6/c1-14-23(24(32)16-4-6-17(28)7-5-16)18-8-10-21(33-2)26-25(18)27(14)12-15-3-9-19(29)20(11-15)34-13-22(30)31;1-2/h3-11,28-29H,12-13H2,1-2H3,(H,30,31);1-2H3. The highest BCUT2D eigenvalue weighted by atomic mass is 16.5. The second-order valence-corrected chi connectivity index (χ2v) is 7.63. The fourth-order valence-electron chi connectivity index (χ4n) is 3.77. The van der Waals surface area contributed by atoms with Gasteiger partial charge in [-0.3, -0.25) is 4.79 Å². The van der Waals surface area contributed by atoms with Crippen molar-refractivity contribution in [3.63, 3.8) is 0 Å². The zero-order valence-corrected chi connectivity index (χ0v) is 20.5. The number of carboxylic acids is 1. The van der Waals surface area contributed by atoms with E-state index in [1.54, 1.807) is 36.4 Å². The van der Waals surface area contributed by atoms with Crippen LogP contribution in [-0.4, -0.2) is 50.3 Å². The fraction of sp³-hybridized carbons (Fsp3) is 0.222. The Morgan fingerprint density at radius 3 is 2.33 bits per heavy atom. The van der Waals surface area contributed by atoms with Gasteiger partial charge >= 0.3 is 5.97 Å². The third-order valence-electron chi connectivity index (χ3n) is 5.42. The van der Waals surface area contributed by atoms with Crippen LogP contribution in [0.25, 0.3) is 11.0 Å². The van der Waals surface area contributed by atoms with E-state index in [-0.39, 0.29) is 29.6 Å². The minimum absolute atomic E-state index is 0.0416. The summed E-state index contributed by atoms with van der Waals surface area (Å²) < 4.78 is 12.3. The molecular formula is C27H28N2O7. The van der Waals surface area contributed by atoms with Gasteiger partial charge in [-0.05, 0) is 55.0 Å². The van der Waals surface area contributed by atoms with Crippen molar-refractivity contribution in [2.75, 3.05) is 13.7 Å². The molecule has 0 aliphatic heterocycles. The lowest BCUT2D eigenvalue weighted by atomic mass is 10.0. The van der Waals surface area contributed by atoms with Gasteiger partial charge in [0.05, 0.1) is 12.7 Å². The topological polar surface area (TPSA) is 131 Å². The molecule has 0 radical (unpaired) electrons. The number of carbonyl (C=O) groups excluding carboxylic acids is 1. The summed E-state index contributed by atoms with van der Waals surface area (Å²) in [6.07, 6.45) is 0. The molecule has 4 aromatic rings. The lowest BCUT2D eigenvalue weighted by Gasteiger charge is -2.12. The number of carbonyl (C=O) groups is 2. The number of hydrogen-bond acceptors (Lipinski definition) is 7. The Morgan fingerprint density at radius 2 is 1.69 bits per heavy atom. The predicted octanol–water partition coefficient (Wildman–Crippen LogP) is 4.53. The van der Waals surface area contributed by atoms with Gasteiger partial charge in [0.1, 0.15) is 11.4 Å². The Bertz CT molecular complexity index is 1390. The van der Waals surface area contributed by atoms with Gasteiger partial charge in [0.25, 0.3) is 0 Å². The first kappa shape index (κ1) is 26.1. The Balaban J connectivity index is 0.00000176. The zero-order chi connectivity index (χ0) is 26.4. The highest BCUT2D eigenvalue weighted by molar-refractivity contribution is 6.17. The van der Waals surface area contributed by atoms with Gasteiger partial charge in [0.2, 0.25) is 5.88 Å². The summed E-state index contributed by atoms with van der Waals surface area (Å²) in [6.45, 7) is 5.49. The second kappa shape index (κ2) is 11.3. The number of hydrogen-bond donors (Lipinski definition) is 3. The van der Waals surface area contributed by atoms with Gasteiger partial charge in [-0.2, -0.15) is 4.98 Å². The van der Waals surface area contributed by atoms with Crippen LogP contribution in [0.5, 0.6) is 23.1 Å². The summed E-state index contributed by atoms with van der Waals surface area (Å²) in [4.78, 5) is 28.8. The number of nitrogens with zero attached hydrogens (tertiary/aromatic N) is 2. The molecule has 2 aromatic carbocycles. The third kappa shape index (κ3) is 5.41. The Kier molecular flexibility index (Phi) is 8.16. The van der Waals surface area contributed by atoms with Gasteiger partial charge in [0.15, 0.2) is 23.9 Å². The molecule has 0 spiro atoms. The molecule has 9 nitrogen and oxygen atoms in total. The molecule has 188 valence electrons. The van der Waals surface area contributed by atoms with Gasteiger partial charge in [-0.1, -0.05) is 19.9 Å². The molecule has 0 amide bonds. The van der Waals surface area contributed by atoms with Crippen LogP contribution >= 0.6 is 0 Å². The van der Waals surface area contributed by atoms with E-state index in [0.717, 1.165) is 0 Å². The van der Waals surface area contributed by atoms with Crippen molar-refractivity contribution < 1.29 is 34.4 Å². The van der Waals surface area contributed by atoms with E-state index < -0.39 is 12.6 Å². The lowest BCUT2D eigenvalue weighted by molar-refractivity contribution is -0.139. The number of carboxylic acid groups (broad SMARTS) is 1. The second-order valence-electron chi connectivity index (χ2n) is 7.63. The van der Waals surface area contributed by atoms with E-state index in [1.807, 2.05) is 25.3 Å². The monoisotopic (exact) mass is 492 g/mol. The zero-order valence-electron chi connectivity index (χ0n) is 20.5. The lowest BCUT2D eigenvalue weighted by Crippen LogP contribution is -2.10. The van der Waals surface area contributed by atoms with Crippen molar-refractivity contribution >= 4 is 22.8 Å². The number of ether oxygens (including phenoxy) is 2. The Morgan fingerprint density at radius 1 is 1.00 bits per heavy atom. The molecule has 0 bridgehead atoms. The van der Waals surface area contributed by atoms with Crippen LogP contribution in [0.4, 0.5) is 0 Å². The third-order valence-corrected chi connectivity index (χ3v) is 5.42. The predicted molar refractivity (Wildman–Crippen MR) is 134 cm³/mol. The van der Waals surface area contributed by atoms with Crippen LogP contribution in [0.1, 0.15) is 41.0 Å². The van der Waals surface area contributed by atoms with Gasteiger partial charge in [-0.25, -0.2) is 4.79 Å². The molecule has 0 aliphatic carbocycles. The number of benzene rings is 2. The van der Waals surface area contributed by atoms with Crippen LogP contribution in [0.3, 0.4) is 0 Å². The molecule has 0 fully saturated rings. The summed E-state index contributed by atoms with van der Waals surface area (Å²) in [5.41, 5.74) is 2.78. The fourth-order valence-corrected chi connectivity index (χ4v) is 3.77. The van der Waals surface area contributed by atoms with Crippen LogP contribution in [0.2, 0.25) is 0 Å². The molecule has 2 aromatic heterocycles. The van der Waals surface area contributed by atoms with Crippen LogP contribution in [0.15, 0.2) is 54.6 Å². The van der Waals surface area contributed by atoms with E-state index in [2.05, 4.69) is 4.98 Å². The summed E-state index contributed by atoms with van der Waals surface area (Å²) in [5, 5.41) is 29.1. The maximum absolute atomic E-state index is 13.4. The van der Waals surface area contributed by atoms with Gasteiger partial charge < -0.3 is 29.4 Å².